The van der Waals surface area contributed by atoms with E-state index in [0.717, 1.165) is 16.1 Å². The quantitative estimate of drug-likeness (QED) is 0.450. The van der Waals surface area contributed by atoms with Crippen molar-refractivity contribution in [3.05, 3.63) is 81.3 Å². The lowest BCUT2D eigenvalue weighted by Crippen LogP contribution is -2.25. The van der Waals surface area contributed by atoms with Crippen molar-refractivity contribution in [1.82, 2.24) is 24.5 Å². The maximum absolute atomic E-state index is 14.0. The second-order valence-electron chi connectivity index (χ2n) is 7.25. The number of nitrogens with one attached hydrogen (secondary N) is 1. The number of aromatic nitrogens is 5. The van der Waals surface area contributed by atoms with Gasteiger partial charge in [0.1, 0.15) is 11.3 Å². The summed E-state index contributed by atoms with van der Waals surface area (Å²) < 4.78 is 46.1. The molecule has 5 aromatic rings. The average Bonchev–Trinajstić information content (AvgIpc) is 3.14. The summed E-state index contributed by atoms with van der Waals surface area (Å²) in [4.78, 5) is 27.8. The van der Waals surface area contributed by atoms with Crippen LogP contribution in [0, 0.1) is 5.82 Å². The van der Waals surface area contributed by atoms with Crippen LogP contribution >= 0.6 is 0 Å². The number of benzene rings is 2. The summed E-state index contributed by atoms with van der Waals surface area (Å²) in [6.45, 7) is -3.00. The first kappa shape index (κ1) is 20.5. The summed E-state index contributed by atoms with van der Waals surface area (Å²) in [5.74, 6) is -1.16. The smallest absolute Gasteiger partial charge is 0.387 e. The second kappa shape index (κ2) is 7.62. The van der Waals surface area contributed by atoms with Crippen molar-refractivity contribution in [2.45, 2.75) is 6.61 Å². The van der Waals surface area contributed by atoms with Gasteiger partial charge in [-0.1, -0.05) is 12.1 Å². The van der Waals surface area contributed by atoms with E-state index in [1.165, 1.54) is 24.3 Å². The molecule has 1 N–H and O–H groups in total. The van der Waals surface area contributed by atoms with E-state index in [4.69, 9.17) is 0 Å². The topological polar surface area (TPSA) is 94.8 Å². The molecule has 3 heterocycles. The van der Waals surface area contributed by atoms with E-state index in [9.17, 15) is 22.8 Å². The summed E-state index contributed by atoms with van der Waals surface area (Å²) in [5.41, 5.74) is -0.145. The van der Waals surface area contributed by atoms with Gasteiger partial charge in [-0.15, -0.1) is 0 Å². The van der Waals surface area contributed by atoms with Crippen molar-refractivity contribution in [3.63, 3.8) is 0 Å². The average molecular weight is 453 g/mol. The summed E-state index contributed by atoms with van der Waals surface area (Å²) >= 11 is 0. The first-order chi connectivity index (χ1) is 15.8. The zero-order chi connectivity index (χ0) is 23.3. The minimum absolute atomic E-state index is 0.0204. The molecule has 0 aliphatic rings. The summed E-state index contributed by atoms with van der Waals surface area (Å²) in [6.07, 6.45) is 1.77. The molecule has 3 aromatic heterocycles. The first-order valence-electron chi connectivity index (χ1n) is 9.65. The molecule has 2 aromatic carbocycles. The number of rotatable bonds is 4. The van der Waals surface area contributed by atoms with Crippen molar-refractivity contribution in [3.8, 4) is 22.6 Å². The van der Waals surface area contributed by atoms with Crippen LogP contribution in [0.25, 0.3) is 38.8 Å². The van der Waals surface area contributed by atoms with Crippen LogP contribution < -0.4 is 15.9 Å². The summed E-state index contributed by atoms with van der Waals surface area (Å²) in [6, 6.07) is 11.3. The van der Waals surface area contributed by atoms with E-state index in [1.807, 2.05) is 0 Å². The molecule has 0 radical (unpaired) electrons. The Hall–Kier alpha value is -4.41. The minimum atomic E-state index is -3.00. The normalized spacial score (nSPS) is 11.5. The van der Waals surface area contributed by atoms with Crippen molar-refractivity contribution >= 4 is 21.9 Å². The van der Waals surface area contributed by atoms with Crippen LogP contribution in [0.15, 0.2) is 64.3 Å². The maximum Gasteiger partial charge on any atom is 0.387 e. The Balaban J connectivity index is 1.77. The van der Waals surface area contributed by atoms with Crippen LogP contribution in [0.4, 0.5) is 13.2 Å². The lowest BCUT2D eigenvalue weighted by molar-refractivity contribution is -0.0498. The van der Waals surface area contributed by atoms with Crippen molar-refractivity contribution in [2.75, 3.05) is 0 Å². The Bertz CT molecular complexity index is 1640. The highest BCUT2D eigenvalue weighted by Crippen LogP contribution is 2.26. The summed E-state index contributed by atoms with van der Waals surface area (Å²) in [5, 5.41) is 9.29. The molecule has 0 atom stereocenters. The molecule has 0 saturated carbocycles. The molecular weight excluding hydrogens is 439 g/mol. The number of aromatic amines is 1. The molecule has 0 amide bonds. The molecule has 0 unspecified atom stereocenters. The molecule has 0 aliphatic carbocycles. The molecule has 0 fully saturated rings. The molecule has 0 saturated heterocycles. The Labute approximate surface area is 182 Å². The van der Waals surface area contributed by atoms with Gasteiger partial charge in [0.05, 0.1) is 22.3 Å². The monoisotopic (exact) mass is 453 g/mol. The molecular formula is C22H14F3N5O3. The predicted octanol–water partition coefficient (Wildman–Crippen LogP) is 3.37. The third kappa shape index (κ3) is 3.63. The number of hydrogen-bond acceptors (Lipinski definition) is 5. The Kier molecular flexibility index (Phi) is 4.73. The van der Waals surface area contributed by atoms with Gasteiger partial charge in [-0.3, -0.25) is 14.3 Å². The van der Waals surface area contributed by atoms with Gasteiger partial charge in [0.2, 0.25) is 0 Å². The van der Waals surface area contributed by atoms with Gasteiger partial charge >= 0.3 is 6.61 Å². The predicted molar refractivity (Wildman–Crippen MR) is 114 cm³/mol. The molecule has 0 aliphatic heterocycles. The zero-order valence-electron chi connectivity index (χ0n) is 16.9. The third-order valence-corrected chi connectivity index (χ3v) is 5.05. The van der Waals surface area contributed by atoms with Crippen LogP contribution in [0.1, 0.15) is 0 Å². The fourth-order valence-corrected chi connectivity index (χ4v) is 3.64. The molecule has 8 nitrogen and oxygen atoms in total. The Morgan fingerprint density at radius 2 is 1.76 bits per heavy atom. The van der Waals surface area contributed by atoms with Gasteiger partial charge in [0.25, 0.3) is 11.1 Å². The van der Waals surface area contributed by atoms with E-state index in [2.05, 4.69) is 19.9 Å². The van der Waals surface area contributed by atoms with Crippen LogP contribution in [-0.4, -0.2) is 31.2 Å². The SMILES string of the molecule is Cn1cc2cc(-n3nc4cc(F)c(=O)[nH]c4c(-c4ccc(OC(F)F)cc4)c3=O)ccc2n1. The van der Waals surface area contributed by atoms with Crippen LogP contribution in [0.5, 0.6) is 5.75 Å². The van der Waals surface area contributed by atoms with Gasteiger partial charge in [0, 0.05) is 24.7 Å². The van der Waals surface area contributed by atoms with E-state index in [-0.39, 0.29) is 22.3 Å². The van der Waals surface area contributed by atoms with E-state index in [1.54, 1.807) is 36.1 Å². The number of halogens is 3. The molecule has 166 valence electrons. The van der Waals surface area contributed by atoms with Crippen molar-refractivity contribution in [2.24, 2.45) is 7.05 Å². The van der Waals surface area contributed by atoms with Gasteiger partial charge in [-0.25, -0.2) is 4.39 Å². The number of fused-ring (bicyclic) bond motifs is 2. The third-order valence-electron chi connectivity index (χ3n) is 5.05. The first-order valence-corrected chi connectivity index (χ1v) is 9.65. The Morgan fingerprint density at radius 3 is 2.48 bits per heavy atom. The van der Waals surface area contributed by atoms with E-state index < -0.39 is 23.5 Å². The summed E-state index contributed by atoms with van der Waals surface area (Å²) in [7, 11) is 1.76. The fraction of sp³-hybridized carbons (Fsp3) is 0.0909. The van der Waals surface area contributed by atoms with Gasteiger partial charge in [0.15, 0.2) is 5.82 Å². The lowest BCUT2D eigenvalue weighted by atomic mass is 10.1. The van der Waals surface area contributed by atoms with Gasteiger partial charge in [-0.2, -0.15) is 23.7 Å². The van der Waals surface area contributed by atoms with Crippen molar-refractivity contribution in [1.29, 1.82) is 0 Å². The van der Waals surface area contributed by atoms with Crippen molar-refractivity contribution < 1.29 is 17.9 Å². The standard InChI is InChI=1S/C22H14F3N5O3/c1-29-10-12-8-13(4-7-16(12)27-29)30-21(32)18(11-2-5-14(6-3-11)33-22(24)25)19-17(28-30)9-15(23)20(31)26-19/h2-10,22H,1H3,(H,26,31). The molecule has 33 heavy (non-hydrogen) atoms. The number of ether oxygens (including phenoxy) is 1. The Morgan fingerprint density at radius 1 is 1.00 bits per heavy atom. The number of pyridine rings is 1. The second-order valence-corrected chi connectivity index (χ2v) is 7.25. The lowest BCUT2D eigenvalue weighted by Gasteiger charge is -2.12. The number of aryl methyl sites for hydroxylation is 1. The molecule has 0 bridgehead atoms. The zero-order valence-corrected chi connectivity index (χ0v) is 16.9. The van der Waals surface area contributed by atoms with Gasteiger partial charge in [-0.05, 0) is 35.9 Å². The molecule has 0 spiro atoms. The van der Waals surface area contributed by atoms with Crippen LogP contribution in [-0.2, 0) is 7.05 Å². The highest BCUT2D eigenvalue weighted by Gasteiger charge is 2.18. The highest BCUT2D eigenvalue weighted by molar-refractivity contribution is 5.90. The number of H-pyrrole nitrogens is 1. The minimum Gasteiger partial charge on any atom is -0.435 e. The number of hydrogen-bond donors (Lipinski definition) is 1. The van der Waals surface area contributed by atoms with E-state index >= 15 is 0 Å². The molecule has 11 heteroatoms. The van der Waals surface area contributed by atoms with Crippen LogP contribution in [0.3, 0.4) is 0 Å². The van der Waals surface area contributed by atoms with E-state index in [0.29, 0.717) is 16.8 Å². The maximum atomic E-state index is 14.0. The molecule has 5 rings (SSSR count). The van der Waals surface area contributed by atoms with Gasteiger partial charge < -0.3 is 9.72 Å². The largest absolute Gasteiger partial charge is 0.435 e. The number of nitrogens with zero attached hydrogens (tertiary/aromatic N) is 4. The fourth-order valence-electron chi connectivity index (χ4n) is 3.64. The number of alkyl halides is 2. The van der Waals surface area contributed by atoms with Crippen LogP contribution in [0.2, 0.25) is 0 Å². The highest BCUT2D eigenvalue weighted by atomic mass is 19.3.